The van der Waals surface area contributed by atoms with Crippen molar-refractivity contribution in [1.82, 2.24) is 9.97 Å². The lowest BCUT2D eigenvalue weighted by Crippen LogP contribution is -2.04. The maximum absolute atomic E-state index is 12.8. The minimum absolute atomic E-state index is 0.355. The fraction of sp³-hybridized carbons (Fsp3) is 0.278. The molecular weight excluding hydrogens is 324 g/mol. The lowest BCUT2D eigenvalue weighted by atomic mass is 10.1. The van der Waals surface area contributed by atoms with Gasteiger partial charge in [-0.3, -0.25) is 4.21 Å². The molecule has 0 aliphatic heterocycles. The average Bonchev–Trinajstić information content (AvgIpc) is 3.01. The summed E-state index contributed by atoms with van der Waals surface area (Å²) in [6, 6.07) is 9.57. The van der Waals surface area contributed by atoms with Crippen LogP contribution in [0.3, 0.4) is 0 Å². The van der Waals surface area contributed by atoms with E-state index in [0.29, 0.717) is 10.9 Å². The molecule has 3 rings (SSSR count). The predicted octanol–water partition coefficient (Wildman–Crippen LogP) is 3.50. The molecule has 0 spiro atoms. The molecule has 1 aromatic heterocycles. The van der Waals surface area contributed by atoms with Crippen LogP contribution in [0, 0.1) is 13.8 Å². The number of aromatic nitrogens is 2. The second kappa shape index (κ2) is 6.65. The molecule has 0 aliphatic carbocycles. The molecule has 1 atom stereocenters. The van der Waals surface area contributed by atoms with Gasteiger partial charge < -0.3 is 14.5 Å². The monoisotopic (exact) mass is 344 g/mol. The van der Waals surface area contributed by atoms with E-state index in [2.05, 4.69) is 9.97 Å². The molecule has 1 heterocycles. The number of methoxy groups -OCH3 is 2. The van der Waals surface area contributed by atoms with Crippen molar-refractivity contribution in [2.24, 2.45) is 0 Å². The summed E-state index contributed by atoms with van der Waals surface area (Å²) in [5.41, 5.74) is 4.62. The summed E-state index contributed by atoms with van der Waals surface area (Å²) in [6.07, 6.45) is 0. The smallest absolute Gasteiger partial charge is 0.197 e. The number of H-pyrrole nitrogens is 1. The van der Waals surface area contributed by atoms with E-state index in [1.807, 2.05) is 44.2 Å². The normalized spacial score (nSPS) is 12.3. The predicted molar refractivity (Wildman–Crippen MR) is 95.2 cm³/mol. The Bertz CT molecular complexity index is 918. The van der Waals surface area contributed by atoms with Crippen LogP contribution in [0.25, 0.3) is 11.0 Å². The van der Waals surface area contributed by atoms with Gasteiger partial charge in [0.15, 0.2) is 5.16 Å². The number of hydrogen-bond acceptors (Lipinski definition) is 4. The van der Waals surface area contributed by atoms with Crippen LogP contribution >= 0.6 is 0 Å². The Morgan fingerprint density at radius 1 is 1.08 bits per heavy atom. The van der Waals surface area contributed by atoms with Gasteiger partial charge in [0.25, 0.3) is 0 Å². The first-order valence-corrected chi connectivity index (χ1v) is 8.90. The summed E-state index contributed by atoms with van der Waals surface area (Å²) < 4.78 is 23.5. The highest BCUT2D eigenvalue weighted by molar-refractivity contribution is 7.84. The lowest BCUT2D eigenvalue weighted by molar-refractivity contribution is 0.407. The van der Waals surface area contributed by atoms with Crippen LogP contribution < -0.4 is 9.47 Å². The van der Waals surface area contributed by atoms with Crippen molar-refractivity contribution in [3.63, 3.8) is 0 Å². The van der Waals surface area contributed by atoms with Crippen LogP contribution in [0.1, 0.15) is 16.7 Å². The number of fused-ring (bicyclic) bond motifs is 1. The van der Waals surface area contributed by atoms with Crippen molar-refractivity contribution in [2.75, 3.05) is 14.2 Å². The van der Waals surface area contributed by atoms with Gasteiger partial charge in [-0.2, -0.15) is 0 Å². The van der Waals surface area contributed by atoms with Crippen molar-refractivity contribution in [3.05, 3.63) is 47.0 Å². The van der Waals surface area contributed by atoms with Gasteiger partial charge in [-0.05, 0) is 37.1 Å². The molecule has 2 aromatic carbocycles. The quantitative estimate of drug-likeness (QED) is 0.769. The first-order chi connectivity index (χ1) is 11.5. The van der Waals surface area contributed by atoms with Crippen molar-refractivity contribution in [3.8, 4) is 11.5 Å². The van der Waals surface area contributed by atoms with E-state index >= 15 is 0 Å². The van der Waals surface area contributed by atoms with Gasteiger partial charge in [0.1, 0.15) is 11.5 Å². The van der Waals surface area contributed by atoms with Crippen LogP contribution in [-0.2, 0) is 16.6 Å². The number of benzene rings is 2. The molecule has 0 aliphatic rings. The highest BCUT2D eigenvalue weighted by atomic mass is 32.2. The standard InChI is InChI=1S/C18H20N2O3S/c1-11-5-6-12(2)17(23-4)14(11)10-24(21)18-19-15-8-7-13(22-3)9-16(15)20-18/h5-9H,10H2,1-4H3,(H,19,20). The van der Waals surface area contributed by atoms with Crippen molar-refractivity contribution in [1.29, 1.82) is 0 Å². The fourth-order valence-electron chi connectivity index (χ4n) is 2.71. The number of aryl methyl sites for hydroxylation is 2. The van der Waals surface area contributed by atoms with E-state index in [0.717, 1.165) is 39.2 Å². The number of aromatic amines is 1. The highest BCUT2D eigenvalue weighted by Gasteiger charge is 2.16. The van der Waals surface area contributed by atoms with E-state index in [1.54, 1.807) is 14.2 Å². The first kappa shape index (κ1) is 16.5. The lowest BCUT2D eigenvalue weighted by Gasteiger charge is -2.13. The summed E-state index contributed by atoms with van der Waals surface area (Å²) in [7, 11) is 1.96. The summed E-state index contributed by atoms with van der Waals surface area (Å²) in [6.45, 7) is 3.98. The molecule has 0 fully saturated rings. The van der Waals surface area contributed by atoms with Gasteiger partial charge >= 0.3 is 0 Å². The molecule has 24 heavy (non-hydrogen) atoms. The Morgan fingerprint density at radius 2 is 1.83 bits per heavy atom. The van der Waals surface area contributed by atoms with E-state index in [1.165, 1.54) is 0 Å². The summed E-state index contributed by atoms with van der Waals surface area (Å²) in [5, 5.41) is 0.459. The van der Waals surface area contributed by atoms with Crippen LogP contribution in [0.5, 0.6) is 11.5 Å². The van der Waals surface area contributed by atoms with E-state index < -0.39 is 10.8 Å². The number of rotatable bonds is 5. The third-order valence-corrected chi connectivity index (χ3v) is 5.23. The largest absolute Gasteiger partial charge is 0.497 e. The molecule has 0 amide bonds. The zero-order valence-electron chi connectivity index (χ0n) is 14.2. The zero-order valence-corrected chi connectivity index (χ0v) is 15.0. The molecule has 126 valence electrons. The van der Waals surface area contributed by atoms with Crippen LogP contribution in [0.15, 0.2) is 35.5 Å². The number of ether oxygens (including phenoxy) is 2. The molecule has 3 aromatic rings. The Labute approximate surface area is 143 Å². The zero-order chi connectivity index (χ0) is 17.3. The second-order valence-corrected chi connectivity index (χ2v) is 6.99. The first-order valence-electron chi connectivity index (χ1n) is 7.58. The van der Waals surface area contributed by atoms with Gasteiger partial charge in [-0.1, -0.05) is 12.1 Å². The van der Waals surface area contributed by atoms with Gasteiger partial charge in [0, 0.05) is 11.6 Å². The summed E-state index contributed by atoms with van der Waals surface area (Å²) in [4.78, 5) is 7.57. The third kappa shape index (κ3) is 3.01. The third-order valence-electron chi connectivity index (χ3n) is 4.05. The van der Waals surface area contributed by atoms with Crippen molar-refractivity contribution < 1.29 is 13.7 Å². The number of nitrogens with zero attached hydrogens (tertiary/aromatic N) is 1. The fourth-order valence-corrected chi connectivity index (χ4v) is 3.89. The van der Waals surface area contributed by atoms with E-state index in [-0.39, 0.29) is 0 Å². The highest BCUT2D eigenvalue weighted by Crippen LogP contribution is 2.29. The molecule has 0 bridgehead atoms. The molecular formula is C18H20N2O3S. The minimum Gasteiger partial charge on any atom is -0.497 e. The minimum atomic E-state index is -1.29. The number of nitrogens with one attached hydrogen (secondary N) is 1. The Hall–Kier alpha value is -2.34. The molecule has 6 heteroatoms. The molecule has 0 saturated heterocycles. The van der Waals surface area contributed by atoms with Crippen LogP contribution in [0.4, 0.5) is 0 Å². The van der Waals surface area contributed by atoms with Gasteiger partial charge in [-0.25, -0.2) is 4.98 Å². The maximum atomic E-state index is 12.8. The number of imidazole rings is 1. The van der Waals surface area contributed by atoms with Gasteiger partial charge in [0.2, 0.25) is 0 Å². The Morgan fingerprint density at radius 3 is 2.54 bits per heavy atom. The van der Waals surface area contributed by atoms with Crippen molar-refractivity contribution in [2.45, 2.75) is 24.8 Å². The second-order valence-electron chi connectivity index (χ2n) is 5.63. The van der Waals surface area contributed by atoms with Gasteiger partial charge in [-0.15, -0.1) is 0 Å². The molecule has 0 saturated carbocycles. The molecule has 1 N–H and O–H groups in total. The van der Waals surface area contributed by atoms with Crippen molar-refractivity contribution >= 4 is 21.8 Å². The Kier molecular flexibility index (Phi) is 4.57. The Balaban J connectivity index is 1.95. The molecule has 0 radical (unpaired) electrons. The molecule has 5 nitrogen and oxygen atoms in total. The van der Waals surface area contributed by atoms with Crippen LogP contribution in [0.2, 0.25) is 0 Å². The SMILES string of the molecule is COc1ccc2nc(S(=O)Cc3c(C)ccc(C)c3OC)[nH]c2c1. The van der Waals surface area contributed by atoms with Crippen LogP contribution in [-0.4, -0.2) is 28.4 Å². The van der Waals surface area contributed by atoms with E-state index in [4.69, 9.17) is 9.47 Å². The average molecular weight is 344 g/mol. The molecule has 1 unspecified atom stereocenters. The summed E-state index contributed by atoms with van der Waals surface area (Å²) >= 11 is 0. The van der Waals surface area contributed by atoms with E-state index in [9.17, 15) is 4.21 Å². The maximum Gasteiger partial charge on any atom is 0.197 e. The summed E-state index contributed by atoms with van der Waals surface area (Å²) in [5.74, 6) is 1.88. The van der Waals surface area contributed by atoms with Gasteiger partial charge in [0.05, 0.1) is 41.8 Å². The topological polar surface area (TPSA) is 64.2 Å². The number of hydrogen-bond donors (Lipinski definition) is 1.